The van der Waals surface area contributed by atoms with Crippen molar-refractivity contribution in [3.8, 4) is 0 Å². The number of fused-ring (bicyclic) bond motifs is 2. The average Bonchev–Trinajstić information content (AvgIpc) is 3.17. The van der Waals surface area contributed by atoms with Gasteiger partial charge < -0.3 is 5.21 Å². The highest BCUT2D eigenvalue weighted by Gasteiger charge is 2.48. The molecule has 3 heteroatoms. The van der Waals surface area contributed by atoms with Crippen LogP contribution in [0.15, 0.2) is 35.5 Å². The third kappa shape index (κ3) is 2.56. The molecule has 1 aromatic rings. The van der Waals surface area contributed by atoms with Crippen molar-refractivity contribution in [3.63, 3.8) is 0 Å². The van der Waals surface area contributed by atoms with Gasteiger partial charge in [-0.15, -0.1) is 0 Å². The molecule has 2 bridgehead atoms. The van der Waals surface area contributed by atoms with Crippen LogP contribution in [0.25, 0.3) is 0 Å². The molecule has 22 heavy (non-hydrogen) atoms. The molecule has 3 aliphatic rings. The van der Waals surface area contributed by atoms with E-state index in [4.69, 9.17) is 0 Å². The van der Waals surface area contributed by atoms with Crippen LogP contribution in [0.3, 0.4) is 0 Å². The first kappa shape index (κ1) is 14.3. The lowest BCUT2D eigenvalue weighted by atomic mass is 9.86. The van der Waals surface area contributed by atoms with E-state index in [9.17, 15) is 5.21 Å². The van der Waals surface area contributed by atoms with Gasteiger partial charge in [-0.05, 0) is 69.0 Å². The molecule has 0 spiro atoms. The minimum absolute atomic E-state index is 0.446. The summed E-state index contributed by atoms with van der Waals surface area (Å²) >= 11 is 0. The second kappa shape index (κ2) is 6.04. The topological polar surface area (TPSA) is 35.8 Å². The van der Waals surface area contributed by atoms with Crippen molar-refractivity contribution in [1.82, 2.24) is 4.90 Å². The third-order valence-corrected chi connectivity index (χ3v) is 6.17. The van der Waals surface area contributed by atoms with E-state index in [0.29, 0.717) is 12.0 Å². The quantitative estimate of drug-likeness (QED) is 0.684. The summed E-state index contributed by atoms with van der Waals surface area (Å²) in [4.78, 5) is 2.61. The van der Waals surface area contributed by atoms with Gasteiger partial charge in [-0.3, -0.25) is 4.90 Å². The first-order valence-electron chi connectivity index (χ1n) is 8.85. The maximum absolute atomic E-state index is 9.40. The molecule has 0 unspecified atom stereocenters. The maximum atomic E-state index is 9.40. The molecule has 0 radical (unpaired) electrons. The molecule has 2 saturated carbocycles. The minimum atomic E-state index is 0.446. The molecule has 1 heterocycles. The second-order valence-electron chi connectivity index (χ2n) is 7.41. The molecule has 0 amide bonds. The van der Waals surface area contributed by atoms with E-state index in [1.54, 1.807) is 0 Å². The summed E-state index contributed by atoms with van der Waals surface area (Å²) in [6.45, 7) is 2.34. The number of hydrogen-bond acceptors (Lipinski definition) is 3. The minimum Gasteiger partial charge on any atom is -0.411 e. The van der Waals surface area contributed by atoms with Crippen molar-refractivity contribution < 1.29 is 5.21 Å². The molecular formula is C19H26N2O. The summed E-state index contributed by atoms with van der Waals surface area (Å²) in [6.07, 6.45) is 7.60. The fourth-order valence-electron chi connectivity index (χ4n) is 5.06. The summed E-state index contributed by atoms with van der Waals surface area (Å²) in [5.74, 6) is 2.13. The smallest absolute Gasteiger partial charge is 0.0775 e. The summed E-state index contributed by atoms with van der Waals surface area (Å²) in [5, 5.41) is 13.1. The van der Waals surface area contributed by atoms with Crippen LogP contribution in [0.5, 0.6) is 0 Å². The van der Waals surface area contributed by atoms with Gasteiger partial charge in [0.2, 0.25) is 0 Å². The van der Waals surface area contributed by atoms with Gasteiger partial charge in [-0.1, -0.05) is 35.5 Å². The number of nitrogens with zero attached hydrogens (tertiary/aromatic N) is 2. The summed E-state index contributed by atoms with van der Waals surface area (Å²) in [5.41, 5.74) is 2.57. The average molecular weight is 298 g/mol. The molecule has 4 rings (SSSR count). The van der Waals surface area contributed by atoms with Crippen LogP contribution < -0.4 is 0 Å². The highest BCUT2D eigenvalue weighted by molar-refractivity contribution is 5.94. The zero-order valence-electron chi connectivity index (χ0n) is 13.2. The van der Waals surface area contributed by atoms with E-state index in [0.717, 1.165) is 17.5 Å². The van der Waals surface area contributed by atoms with Crippen LogP contribution in [-0.4, -0.2) is 35.0 Å². The second-order valence-corrected chi connectivity index (χ2v) is 7.41. The van der Waals surface area contributed by atoms with Crippen molar-refractivity contribution in [1.29, 1.82) is 0 Å². The Balaban J connectivity index is 1.36. The van der Waals surface area contributed by atoms with Crippen LogP contribution in [0.2, 0.25) is 0 Å². The molecule has 0 aromatic heterocycles. The molecule has 3 atom stereocenters. The first-order valence-corrected chi connectivity index (χ1v) is 8.85. The van der Waals surface area contributed by atoms with E-state index in [1.807, 2.05) is 0 Å². The van der Waals surface area contributed by atoms with Crippen molar-refractivity contribution in [2.45, 2.75) is 44.6 Å². The number of hydrogen-bond donors (Lipinski definition) is 1. The Morgan fingerprint density at radius 3 is 2.55 bits per heavy atom. The summed E-state index contributed by atoms with van der Waals surface area (Å²) in [7, 11) is 0. The predicted octanol–water partition coefficient (Wildman–Crippen LogP) is 3.57. The van der Waals surface area contributed by atoms with E-state index in [1.165, 1.54) is 57.2 Å². The molecule has 3 fully saturated rings. The normalized spacial score (nSPS) is 34.5. The van der Waals surface area contributed by atoms with E-state index >= 15 is 0 Å². The van der Waals surface area contributed by atoms with Gasteiger partial charge in [-0.25, -0.2) is 0 Å². The van der Waals surface area contributed by atoms with Crippen molar-refractivity contribution in [2.24, 2.45) is 22.9 Å². The lowest BCUT2D eigenvalue weighted by Crippen LogP contribution is -2.48. The molecule has 1 N–H and O–H groups in total. The lowest BCUT2D eigenvalue weighted by Gasteiger charge is -2.39. The zero-order valence-corrected chi connectivity index (χ0v) is 13.2. The molecule has 2 aliphatic carbocycles. The zero-order chi connectivity index (χ0) is 14.9. The largest absolute Gasteiger partial charge is 0.411 e. The van der Waals surface area contributed by atoms with Crippen LogP contribution in [0, 0.1) is 17.8 Å². The van der Waals surface area contributed by atoms with Crippen molar-refractivity contribution in [2.75, 3.05) is 13.1 Å². The Morgan fingerprint density at radius 2 is 1.82 bits per heavy atom. The van der Waals surface area contributed by atoms with Gasteiger partial charge in [0.25, 0.3) is 0 Å². The molecule has 118 valence electrons. The van der Waals surface area contributed by atoms with Crippen LogP contribution in [0.4, 0.5) is 0 Å². The SMILES string of the molecule is O/N=C1\[C@H]2CC[C@H](C2)[C@@H]1N1CCC(Cc2ccccc2)CC1. The van der Waals surface area contributed by atoms with E-state index in [2.05, 4.69) is 40.4 Å². The van der Waals surface area contributed by atoms with Gasteiger partial charge in [0.05, 0.1) is 11.8 Å². The van der Waals surface area contributed by atoms with Gasteiger partial charge in [0, 0.05) is 5.92 Å². The number of likely N-dealkylation sites (tertiary alicyclic amines) is 1. The number of piperidine rings is 1. The molecule has 1 saturated heterocycles. The van der Waals surface area contributed by atoms with Gasteiger partial charge in [0.15, 0.2) is 0 Å². The number of benzene rings is 1. The standard InChI is InChI=1S/C19H26N2O/c22-20-18-16-6-7-17(13-16)19(18)21-10-8-15(9-11-21)12-14-4-2-1-3-5-14/h1-5,15-17,19,22H,6-13H2/b20-18+/t16-,17+,19-/m0/s1. The highest BCUT2D eigenvalue weighted by Crippen LogP contribution is 2.45. The number of oxime groups is 1. The Kier molecular flexibility index (Phi) is 3.91. The van der Waals surface area contributed by atoms with Crippen LogP contribution in [0.1, 0.15) is 37.7 Å². The van der Waals surface area contributed by atoms with E-state index in [-0.39, 0.29) is 0 Å². The number of rotatable bonds is 3. The lowest BCUT2D eigenvalue weighted by molar-refractivity contribution is 0.133. The molecule has 1 aromatic carbocycles. The first-order chi connectivity index (χ1) is 10.8. The van der Waals surface area contributed by atoms with Gasteiger partial charge >= 0.3 is 0 Å². The monoisotopic (exact) mass is 298 g/mol. The molecular weight excluding hydrogens is 272 g/mol. The van der Waals surface area contributed by atoms with Crippen LogP contribution in [-0.2, 0) is 6.42 Å². The Labute approximate surface area is 133 Å². The predicted molar refractivity (Wildman–Crippen MR) is 88.3 cm³/mol. The summed E-state index contributed by atoms with van der Waals surface area (Å²) < 4.78 is 0. The fraction of sp³-hybridized carbons (Fsp3) is 0.632. The highest BCUT2D eigenvalue weighted by atomic mass is 16.4. The van der Waals surface area contributed by atoms with Crippen molar-refractivity contribution in [3.05, 3.63) is 35.9 Å². The third-order valence-electron chi connectivity index (χ3n) is 6.17. The van der Waals surface area contributed by atoms with E-state index < -0.39 is 0 Å². The van der Waals surface area contributed by atoms with Crippen LogP contribution >= 0.6 is 0 Å². The summed E-state index contributed by atoms with van der Waals surface area (Å²) in [6, 6.07) is 11.3. The fourth-order valence-corrected chi connectivity index (χ4v) is 5.06. The Morgan fingerprint density at radius 1 is 1.05 bits per heavy atom. The van der Waals surface area contributed by atoms with Crippen molar-refractivity contribution >= 4 is 5.71 Å². The Bertz CT molecular complexity index is 534. The Hall–Kier alpha value is -1.35. The van der Waals surface area contributed by atoms with Gasteiger partial charge in [0.1, 0.15) is 0 Å². The maximum Gasteiger partial charge on any atom is 0.0775 e. The molecule has 3 nitrogen and oxygen atoms in total. The van der Waals surface area contributed by atoms with Gasteiger partial charge in [-0.2, -0.15) is 0 Å². The molecule has 1 aliphatic heterocycles.